The second kappa shape index (κ2) is 7.72. The van der Waals surface area contributed by atoms with Gasteiger partial charge in [0.05, 0.1) is 18.2 Å². The van der Waals surface area contributed by atoms with Gasteiger partial charge in [0.1, 0.15) is 18.2 Å². The van der Waals surface area contributed by atoms with E-state index in [1.807, 2.05) is 0 Å². The number of carbonyl (C=O) groups is 3. The third-order valence-corrected chi connectivity index (χ3v) is 5.63. The van der Waals surface area contributed by atoms with Crippen molar-refractivity contribution in [3.8, 4) is 0 Å². The Hall–Kier alpha value is -2.51. The van der Waals surface area contributed by atoms with Gasteiger partial charge < -0.3 is 10.1 Å². The lowest BCUT2D eigenvalue weighted by atomic mass is 9.84. The first-order valence-electron chi connectivity index (χ1n) is 9.78. The number of nitrogens with zero attached hydrogens (tertiary/aromatic N) is 1. The smallest absolute Gasteiger partial charge is 0.305 e. The first kappa shape index (κ1) is 21.2. The van der Waals surface area contributed by atoms with E-state index >= 15 is 4.39 Å². The summed E-state index contributed by atoms with van der Waals surface area (Å²) in [7, 11) is 1.28. The quantitative estimate of drug-likeness (QED) is 0.704. The number of ether oxygens (including phenoxy) is 1. The summed E-state index contributed by atoms with van der Waals surface area (Å²) in [6.45, 7) is 4.39. The third kappa shape index (κ3) is 3.97. The Labute approximate surface area is 168 Å². The highest BCUT2D eigenvalue weighted by molar-refractivity contribution is 6.10. The van der Waals surface area contributed by atoms with Gasteiger partial charge in [0, 0.05) is 18.0 Å². The van der Waals surface area contributed by atoms with Gasteiger partial charge in [0.25, 0.3) is 0 Å². The fourth-order valence-electron chi connectivity index (χ4n) is 3.83. The lowest BCUT2D eigenvalue weighted by Gasteiger charge is -2.21. The Bertz CT molecular complexity index is 865. The van der Waals surface area contributed by atoms with Gasteiger partial charge in [-0.25, -0.2) is 8.78 Å². The molecule has 2 aliphatic rings. The zero-order valence-electron chi connectivity index (χ0n) is 17.1. The Morgan fingerprint density at radius 2 is 2.00 bits per heavy atom. The molecule has 3 rings (SSSR count). The summed E-state index contributed by atoms with van der Waals surface area (Å²) in [6.07, 6.45) is 2.11. The summed E-state index contributed by atoms with van der Waals surface area (Å²) in [5, 5.41) is 2.68. The average Bonchev–Trinajstić information content (AvgIpc) is 3.46. The van der Waals surface area contributed by atoms with Crippen LogP contribution in [-0.2, 0) is 24.5 Å². The maximum absolute atomic E-state index is 15.2. The lowest BCUT2D eigenvalue weighted by molar-refractivity contribution is -0.141. The Morgan fingerprint density at radius 3 is 2.59 bits per heavy atom. The number of hydrogen-bond donors (Lipinski definition) is 1. The number of halogens is 2. The molecule has 158 valence electrons. The van der Waals surface area contributed by atoms with E-state index in [0.29, 0.717) is 12.0 Å². The molecule has 0 aromatic heterocycles. The van der Waals surface area contributed by atoms with Crippen molar-refractivity contribution in [2.45, 2.75) is 63.8 Å². The first-order chi connectivity index (χ1) is 13.6. The van der Waals surface area contributed by atoms with E-state index in [2.05, 4.69) is 10.1 Å². The van der Waals surface area contributed by atoms with E-state index < -0.39 is 35.4 Å². The van der Waals surface area contributed by atoms with E-state index in [4.69, 9.17) is 0 Å². The standard InChI is InChI=1S/C21H26F2N2O4/c1-11(5-8-16(27)29-4)24-15(26)10-25-19-14(22)9-13(12-6-7-12)18(23)17(19)21(2,3)20(25)28/h9,11-12H,5-8,10H2,1-4H3,(H,24,26)/t11-/m1/s1. The number of benzene rings is 1. The number of amides is 2. The largest absolute Gasteiger partial charge is 0.469 e. The first-order valence-corrected chi connectivity index (χ1v) is 9.78. The van der Waals surface area contributed by atoms with Gasteiger partial charge in [-0.3, -0.25) is 19.3 Å². The molecule has 1 saturated carbocycles. The van der Waals surface area contributed by atoms with Gasteiger partial charge in [-0.1, -0.05) is 0 Å². The van der Waals surface area contributed by atoms with Gasteiger partial charge in [0.15, 0.2) is 0 Å². The maximum Gasteiger partial charge on any atom is 0.305 e. The molecule has 6 nitrogen and oxygen atoms in total. The molecule has 0 saturated heterocycles. The molecule has 0 radical (unpaired) electrons. The molecule has 0 bridgehead atoms. The third-order valence-electron chi connectivity index (χ3n) is 5.63. The van der Waals surface area contributed by atoms with Crippen LogP contribution in [0.5, 0.6) is 0 Å². The number of rotatable bonds is 7. The van der Waals surface area contributed by atoms with Crippen molar-refractivity contribution < 1.29 is 27.9 Å². The molecular weight excluding hydrogens is 382 g/mol. The van der Waals surface area contributed by atoms with Gasteiger partial charge in [-0.05, 0) is 57.6 Å². The average molecular weight is 408 g/mol. The molecule has 1 aliphatic heterocycles. The van der Waals surface area contributed by atoms with E-state index in [1.165, 1.54) is 7.11 Å². The highest BCUT2D eigenvalue weighted by Crippen LogP contribution is 2.50. The van der Waals surface area contributed by atoms with Crippen LogP contribution in [0.15, 0.2) is 6.07 Å². The fourth-order valence-corrected chi connectivity index (χ4v) is 3.83. The fraction of sp³-hybridized carbons (Fsp3) is 0.571. The predicted octanol–water partition coefficient (Wildman–Crippen LogP) is 2.92. The van der Waals surface area contributed by atoms with Crippen LogP contribution in [0.25, 0.3) is 0 Å². The summed E-state index contributed by atoms with van der Waals surface area (Å²) in [5.74, 6) is -2.65. The van der Waals surface area contributed by atoms with E-state index in [9.17, 15) is 18.8 Å². The van der Waals surface area contributed by atoms with Crippen LogP contribution >= 0.6 is 0 Å². The Kier molecular flexibility index (Phi) is 5.65. The highest BCUT2D eigenvalue weighted by Gasteiger charge is 2.49. The highest BCUT2D eigenvalue weighted by atomic mass is 19.1. The van der Waals surface area contributed by atoms with Crippen LogP contribution in [0.1, 0.15) is 63.5 Å². The molecule has 1 N–H and O–H groups in total. The second-order valence-corrected chi connectivity index (χ2v) is 8.36. The molecule has 29 heavy (non-hydrogen) atoms. The van der Waals surface area contributed by atoms with Crippen molar-refractivity contribution >= 4 is 23.5 Å². The molecule has 2 amide bonds. The summed E-state index contributed by atoms with van der Waals surface area (Å²) in [6, 6.07) is 0.815. The molecule has 0 unspecified atom stereocenters. The molecule has 1 aromatic rings. The van der Waals surface area contributed by atoms with Gasteiger partial charge in [0.2, 0.25) is 11.8 Å². The van der Waals surface area contributed by atoms with Crippen molar-refractivity contribution in [3.63, 3.8) is 0 Å². The lowest BCUT2D eigenvalue weighted by Crippen LogP contribution is -2.45. The van der Waals surface area contributed by atoms with E-state index in [-0.39, 0.29) is 35.6 Å². The number of methoxy groups -OCH3 is 1. The van der Waals surface area contributed by atoms with Crippen LogP contribution in [0.4, 0.5) is 14.5 Å². The number of esters is 1. The van der Waals surface area contributed by atoms with Crippen LogP contribution in [0.2, 0.25) is 0 Å². The number of nitrogens with one attached hydrogen (secondary N) is 1. The van der Waals surface area contributed by atoms with Crippen molar-refractivity contribution in [1.82, 2.24) is 5.32 Å². The molecular formula is C21H26F2N2O4. The monoisotopic (exact) mass is 408 g/mol. The minimum atomic E-state index is -1.26. The number of carbonyl (C=O) groups excluding carboxylic acids is 3. The Balaban J connectivity index is 1.80. The van der Waals surface area contributed by atoms with Crippen LogP contribution in [-0.4, -0.2) is 37.5 Å². The Morgan fingerprint density at radius 1 is 1.34 bits per heavy atom. The SMILES string of the molecule is COC(=O)CC[C@@H](C)NC(=O)CN1C(=O)C(C)(C)c2c(F)c(C3CC3)cc(F)c21. The molecule has 1 aromatic carbocycles. The maximum atomic E-state index is 15.2. The van der Waals surface area contributed by atoms with Crippen LogP contribution in [0, 0.1) is 11.6 Å². The van der Waals surface area contributed by atoms with Crippen LogP contribution < -0.4 is 10.2 Å². The van der Waals surface area contributed by atoms with Crippen molar-refractivity contribution in [3.05, 3.63) is 28.8 Å². The zero-order chi connectivity index (χ0) is 21.5. The number of anilines is 1. The van der Waals surface area contributed by atoms with Gasteiger partial charge in [-0.2, -0.15) is 0 Å². The molecule has 8 heteroatoms. The van der Waals surface area contributed by atoms with Crippen molar-refractivity contribution in [1.29, 1.82) is 0 Å². The topological polar surface area (TPSA) is 75.7 Å². The number of hydrogen-bond acceptors (Lipinski definition) is 4. The summed E-state index contributed by atoms with van der Waals surface area (Å²) >= 11 is 0. The van der Waals surface area contributed by atoms with E-state index in [0.717, 1.165) is 23.8 Å². The summed E-state index contributed by atoms with van der Waals surface area (Å²) < 4.78 is 34.6. The summed E-state index contributed by atoms with van der Waals surface area (Å²) in [4.78, 5) is 37.6. The summed E-state index contributed by atoms with van der Waals surface area (Å²) in [5.41, 5.74) is -1.08. The van der Waals surface area contributed by atoms with E-state index in [1.54, 1.807) is 20.8 Å². The molecule has 0 spiro atoms. The minimum Gasteiger partial charge on any atom is -0.469 e. The molecule has 1 aliphatic carbocycles. The minimum absolute atomic E-state index is 0.00582. The zero-order valence-corrected chi connectivity index (χ0v) is 17.1. The predicted molar refractivity (Wildman–Crippen MR) is 103 cm³/mol. The second-order valence-electron chi connectivity index (χ2n) is 8.36. The number of fused-ring (bicyclic) bond motifs is 1. The normalized spacial score (nSPS) is 18.4. The molecule has 1 fully saturated rings. The van der Waals surface area contributed by atoms with Gasteiger partial charge in [-0.15, -0.1) is 0 Å². The van der Waals surface area contributed by atoms with Gasteiger partial charge >= 0.3 is 5.97 Å². The molecule has 1 heterocycles. The van der Waals surface area contributed by atoms with Crippen molar-refractivity contribution in [2.24, 2.45) is 0 Å². The molecule has 1 atom stereocenters. The van der Waals surface area contributed by atoms with Crippen LogP contribution in [0.3, 0.4) is 0 Å². The van der Waals surface area contributed by atoms with Crippen molar-refractivity contribution in [2.75, 3.05) is 18.6 Å².